The molecule has 0 radical (unpaired) electrons. The minimum absolute atomic E-state index is 0.00770. The molecule has 0 aromatic heterocycles. The predicted octanol–water partition coefficient (Wildman–Crippen LogP) is 3.73. The second-order valence-corrected chi connectivity index (χ2v) is 5.43. The number of nitrogens with zero attached hydrogens (tertiary/aromatic N) is 1. The van der Waals surface area contributed by atoms with Gasteiger partial charge in [-0.25, -0.2) is 0 Å². The van der Waals surface area contributed by atoms with Crippen molar-refractivity contribution in [3.8, 4) is 5.75 Å². The van der Waals surface area contributed by atoms with Crippen LogP contribution < -0.4 is 4.74 Å². The molecule has 0 aliphatic carbocycles. The molecule has 2 aromatic carbocycles. The highest BCUT2D eigenvalue weighted by molar-refractivity contribution is 9.10. The molecule has 0 aliphatic rings. The molecule has 0 atom stereocenters. The number of carbonyl (C=O) groups is 1. The summed E-state index contributed by atoms with van der Waals surface area (Å²) in [5, 5.41) is 0. The summed E-state index contributed by atoms with van der Waals surface area (Å²) in [5.41, 5.74) is 1.75. The third-order valence-electron chi connectivity index (χ3n) is 3.02. The Balaban J connectivity index is 2.04. The average Bonchev–Trinajstić information content (AvgIpc) is 2.48. The van der Waals surface area contributed by atoms with E-state index < -0.39 is 0 Å². The van der Waals surface area contributed by atoms with E-state index in [0.717, 1.165) is 15.8 Å². The van der Waals surface area contributed by atoms with Crippen LogP contribution in [0.25, 0.3) is 0 Å². The third-order valence-corrected chi connectivity index (χ3v) is 3.55. The molecule has 20 heavy (non-hydrogen) atoms. The quantitative estimate of drug-likeness (QED) is 0.853. The lowest BCUT2D eigenvalue weighted by Gasteiger charge is -2.17. The van der Waals surface area contributed by atoms with Gasteiger partial charge in [0.2, 0.25) is 0 Å². The first-order valence-electron chi connectivity index (χ1n) is 6.24. The molecule has 2 rings (SSSR count). The number of amides is 1. The zero-order valence-electron chi connectivity index (χ0n) is 11.5. The molecule has 0 unspecified atom stereocenters. The zero-order valence-corrected chi connectivity index (χ0v) is 13.1. The Kier molecular flexibility index (Phi) is 4.79. The number of benzene rings is 2. The van der Waals surface area contributed by atoms with Gasteiger partial charge in [-0.05, 0) is 42.0 Å². The zero-order chi connectivity index (χ0) is 14.5. The fraction of sp³-hybridized carbons (Fsp3) is 0.188. The van der Waals surface area contributed by atoms with E-state index in [-0.39, 0.29) is 5.91 Å². The molecule has 0 spiro atoms. The Labute approximate surface area is 127 Å². The van der Waals surface area contributed by atoms with Crippen LogP contribution in [0.15, 0.2) is 53.0 Å². The van der Waals surface area contributed by atoms with Crippen LogP contribution in [0.5, 0.6) is 5.75 Å². The van der Waals surface area contributed by atoms with Gasteiger partial charge in [0.15, 0.2) is 0 Å². The summed E-state index contributed by atoms with van der Waals surface area (Å²) in [6.45, 7) is 0.568. The Morgan fingerprint density at radius 2 is 1.70 bits per heavy atom. The van der Waals surface area contributed by atoms with Crippen LogP contribution in [0.4, 0.5) is 0 Å². The van der Waals surface area contributed by atoms with Crippen molar-refractivity contribution in [1.29, 1.82) is 0 Å². The summed E-state index contributed by atoms with van der Waals surface area (Å²) in [5.74, 6) is 0.823. The van der Waals surface area contributed by atoms with Gasteiger partial charge in [-0.2, -0.15) is 0 Å². The molecule has 0 fully saturated rings. The van der Waals surface area contributed by atoms with Crippen molar-refractivity contribution >= 4 is 21.8 Å². The van der Waals surface area contributed by atoms with Gasteiger partial charge >= 0.3 is 0 Å². The molecule has 0 saturated heterocycles. The van der Waals surface area contributed by atoms with Crippen molar-refractivity contribution < 1.29 is 9.53 Å². The Hall–Kier alpha value is -1.81. The van der Waals surface area contributed by atoms with E-state index in [1.807, 2.05) is 48.5 Å². The van der Waals surface area contributed by atoms with E-state index in [1.165, 1.54) is 0 Å². The van der Waals surface area contributed by atoms with Gasteiger partial charge in [-0.3, -0.25) is 4.79 Å². The van der Waals surface area contributed by atoms with E-state index in [0.29, 0.717) is 12.1 Å². The van der Waals surface area contributed by atoms with Crippen molar-refractivity contribution in [2.24, 2.45) is 0 Å². The van der Waals surface area contributed by atoms with E-state index >= 15 is 0 Å². The van der Waals surface area contributed by atoms with Crippen LogP contribution in [-0.4, -0.2) is 25.0 Å². The van der Waals surface area contributed by atoms with Crippen molar-refractivity contribution in [2.45, 2.75) is 6.54 Å². The maximum atomic E-state index is 12.3. The number of rotatable bonds is 4. The summed E-state index contributed by atoms with van der Waals surface area (Å²) in [4.78, 5) is 14.0. The third kappa shape index (κ3) is 3.61. The number of methoxy groups -OCH3 is 1. The minimum Gasteiger partial charge on any atom is -0.497 e. The average molecular weight is 334 g/mol. The first-order chi connectivity index (χ1) is 9.60. The van der Waals surface area contributed by atoms with Crippen molar-refractivity contribution in [2.75, 3.05) is 14.2 Å². The van der Waals surface area contributed by atoms with Crippen LogP contribution in [0.3, 0.4) is 0 Å². The molecular formula is C16H16BrNO2. The molecule has 0 heterocycles. The molecule has 0 aliphatic heterocycles. The van der Waals surface area contributed by atoms with Crippen LogP contribution in [0, 0.1) is 0 Å². The lowest BCUT2D eigenvalue weighted by atomic mass is 10.1. The molecule has 2 aromatic rings. The van der Waals surface area contributed by atoms with Gasteiger partial charge in [-0.15, -0.1) is 0 Å². The fourth-order valence-electron chi connectivity index (χ4n) is 1.89. The van der Waals surface area contributed by atoms with E-state index in [2.05, 4.69) is 15.9 Å². The van der Waals surface area contributed by atoms with Crippen LogP contribution >= 0.6 is 15.9 Å². The lowest BCUT2D eigenvalue weighted by Crippen LogP contribution is -2.26. The second-order valence-electron chi connectivity index (χ2n) is 4.52. The van der Waals surface area contributed by atoms with Crippen LogP contribution in [0.2, 0.25) is 0 Å². The molecule has 0 saturated carbocycles. The number of halogens is 1. The number of hydrogen-bond acceptors (Lipinski definition) is 2. The van der Waals surface area contributed by atoms with Gasteiger partial charge in [-0.1, -0.05) is 28.1 Å². The second kappa shape index (κ2) is 6.57. The predicted molar refractivity (Wildman–Crippen MR) is 82.9 cm³/mol. The fourth-order valence-corrected chi connectivity index (χ4v) is 2.15. The first-order valence-corrected chi connectivity index (χ1v) is 7.03. The topological polar surface area (TPSA) is 29.5 Å². The maximum Gasteiger partial charge on any atom is 0.253 e. The Morgan fingerprint density at radius 1 is 1.10 bits per heavy atom. The molecule has 1 amide bonds. The van der Waals surface area contributed by atoms with Crippen molar-refractivity contribution in [3.05, 3.63) is 64.1 Å². The summed E-state index contributed by atoms with van der Waals surface area (Å²) >= 11 is 3.36. The molecule has 4 heteroatoms. The summed E-state index contributed by atoms with van der Waals surface area (Å²) < 4.78 is 6.08. The Morgan fingerprint density at radius 3 is 2.25 bits per heavy atom. The van der Waals surface area contributed by atoms with Gasteiger partial charge in [0.05, 0.1) is 7.11 Å². The molecular weight excluding hydrogens is 318 g/mol. The Bertz CT molecular complexity index is 578. The molecule has 3 nitrogen and oxygen atoms in total. The highest BCUT2D eigenvalue weighted by Crippen LogP contribution is 2.15. The van der Waals surface area contributed by atoms with Crippen molar-refractivity contribution in [1.82, 2.24) is 4.90 Å². The van der Waals surface area contributed by atoms with Gasteiger partial charge in [0.1, 0.15) is 5.75 Å². The molecule has 0 bridgehead atoms. The van der Waals surface area contributed by atoms with Crippen molar-refractivity contribution in [3.63, 3.8) is 0 Å². The minimum atomic E-state index is 0.00770. The number of hydrogen-bond donors (Lipinski definition) is 0. The smallest absolute Gasteiger partial charge is 0.253 e. The monoisotopic (exact) mass is 333 g/mol. The standard InChI is InChI=1S/C16H16BrNO2/c1-18(11-12-3-9-15(20-2)10-4-12)16(19)13-5-7-14(17)8-6-13/h3-10H,11H2,1-2H3. The van der Waals surface area contributed by atoms with Gasteiger partial charge in [0, 0.05) is 23.6 Å². The SMILES string of the molecule is COc1ccc(CN(C)C(=O)c2ccc(Br)cc2)cc1. The normalized spacial score (nSPS) is 10.2. The van der Waals surface area contributed by atoms with Crippen LogP contribution in [-0.2, 0) is 6.54 Å². The van der Waals surface area contributed by atoms with Crippen LogP contribution in [0.1, 0.15) is 15.9 Å². The summed E-state index contributed by atoms with van der Waals surface area (Å²) in [6, 6.07) is 15.1. The lowest BCUT2D eigenvalue weighted by molar-refractivity contribution is 0.0785. The van der Waals surface area contributed by atoms with Gasteiger partial charge < -0.3 is 9.64 Å². The number of carbonyl (C=O) groups excluding carboxylic acids is 1. The summed E-state index contributed by atoms with van der Waals surface area (Å²) in [7, 11) is 3.44. The van der Waals surface area contributed by atoms with Gasteiger partial charge in [0.25, 0.3) is 5.91 Å². The largest absolute Gasteiger partial charge is 0.497 e. The number of ether oxygens (including phenoxy) is 1. The summed E-state index contributed by atoms with van der Waals surface area (Å²) in [6.07, 6.45) is 0. The van der Waals surface area contributed by atoms with E-state index in [9.17, 15) is 4.79 Å². The van der Waals surface area contributed by atoms with E-state index in [1.54, 1.807) is 19.1 Å². The first kappa shape index (κ1) is 14.6. The van der Waals surface area contributed by atoms with E-state index in [4.69, 9.17) is 4.74 Å². The maximum absolute atomic E-state index is 12.3. The molecule has 104 valence electrons. The molecule has 0 N–H and O–H groups in total. The highest BCUT2D eigenvalue weighted by Gasteiger charge is 2.11. The highest BCUT2D eigenvalue weighted by atomic mass is 79.9.